The predicted octanol–water partition coefficient (Wildman–Crippen LogP) is 1.63. The zero-order chi connectivity index (χ0) is 17.5. The van der Waals surface area contributed by atoms with Gasteiger partial charge in [0.25, 0.3) is 0 Å². The van der Waals surface area contributed by atoms with Gasteiger partial charge in [-0.1, -0.05) is 12.1 Å². The molecule has 8 heteroatoms. The highest BCUT2D eigenvalue weighted by molar-refractivity contribution is 5.82. The van der Waals surface area contributed by atoms with Crippen LogP contribution in [0.15, 0.2) is 41.5 Å². The van der Waals surface area contributed by atoms with Crippen molar-refractivity contribution in [1.29, 1.82) is 0 Å². The molecule has 0 saturated heterocycles. The molecular formula is C16H18N4O4. The zero-order valence-electron chi connectivity index (χ0n) is 13.3. The SMILES string of the molecule is COc1cc(C(Nc2ccc(C=NN)cc2)C(=O)O)cc(OC)n1. The minimum absolute atomic E-state index is 0.270. The van der Waals surface area contributed by atoms with Crippen LogP contribution < -0.4 is 20.6 Å². The molecule has 0 saturated carbocycles. The molecular weight excluding hydrogens is 312 g/mol. The van der Waals surface area contributed by atoms with Crippen molar-refractivity contribution >= 4 is 17.9 Å². The standard InChI is InChI=1S/C16H18N4O4/c1-23-13-7-11(8-14(20-13)24-2)15(16(21)22)19-12-5-3-10(4-6-12)9-18-17/h3-9,15,19H,17H2,1-2H3,(H,21,22). The van der Waals surface area contributed by atoms with Gasteiger partial charge in [0.15, 0.2) is 6.04 Å². The van der Waals surface area contributed by atoms with Crippen molar-refractivity contribution in [1.82, 2.24) is 4.98 Å². The van der Waals surface area contributed by atoms with Gasteiger partial charge in [-0.3, -0.25) is 0 Å². The fourth-order valence-corrected chi connectivity index (χ4v) is 2.08. The number of methoxy groups -OCH3 is 2. The summed E-state index contributed by atoms with van der Waals surface area (Å²) in [6, 6.07) is 9.11. The molecule has 8 nitrogen and oxygen atoms in total. The molecule has 1 heterocycles. The van der Waals surface area contributed by atoms with Crippen LogP contribution in [0.1, 0.15) is 17.2 Å². The van der Waals surface area contributed by atoms with E-state index in [1.54, 1.807) is 36.4 Å². The van der Waals surface area contributed by atoms with Gasteiger partial charge < -0.3 is 25.7 Å². The molecule has 0 radical (unpaired) electrons. The monoisotopic (exact) mass is 330 g/mol. The van der Waals surface area contributed by atoms with Crippen LogP contribution in [0.2, 0.25) is 0 Å². The second-order valence-electron chi connectivity index (χ2n) is 4.80. The first-order chi connectivity index (χ1) is 11.6. The first kappa shape index (κ1) is 17.1. The molecule has 0 fully saturated rings. The third-order valence-corrected chi connectivity index (χ3v) is 3.24. The number of nitrogens with two attached hydrogens (primary N) is 1. The van der Waals surface area contributed by atoms with Gasteiger partial charge in [0.2, 0.25) is 11.8 Å². The summed E-state index contributed by atoms with van der Waals surface area (Å²) in [4.78, 5) is 15.7. The predicted molar refractivity (Wildman–Crippen MR) is 89.6 cm³/mol. The second kappa shape index (κ2) is 7.82. The first-order valence-corrected chi connectivity index (χ1v) is 7.00. The summed E-state index contributed by atoms with van der Waals surface area (Å²) in [6.45, 7) is 0. The number of carboxylic acids is 1. The van der Waals surface area contributed by atoms with Gasteiger partial charge in [-0.25, -0.2) is 4.79 Å². The normalized spacial score (nSPS) is 11.9. The Bertz CT molecular complexity index is 709. The van der Waals surface area contributed by atoms with Gasteiger partial charge in [-0.05, 0) is 23.3 Å². The molecule has 0 aliphatic rings. The number of hydrogen-bond acceptors (Lipinski definition) is 7. The lowest BCUT2D eigenvalue weighted by molar-refractivity contribution is -0.138. The number of hydrazone groups is 1. The maximum absolute atomic E-state index is 11.7. The number of carboxylic acid groups (broad SMARTS) is 1. The Labute approximate surface area is 138 Å². The fourth-order valence-electron chi connectivity index (χ4n) is 2.08. The van der Waals surface area contributed by atoms with Crippen molar-refractivity contribution in [2.24, 2.45) is 10.9 Å². The molecule has 1 aromatic heterocycles. The molecule has 2 aromatic rings. The molecule has 1 atom stereocenters. The zero-order valence-corrected chi connectivity index (χ0v) is 13.3. The van der Waals surface area contributed by atoms with Gasteiger partial charge >= 0.3 is 5.97 Å². The highest BCUT2D eigenvalue weighted by Gasteiger charge is 2.22. The molecule has 1 unspecified atom stereocenters. The lowest BCUT2D eigenvalue weighted by atomic mass is 10.1. The smallest absolute Gasteiger partial charge is 0.330 e. The van der Waals surface area contributed by atoms with Crippen molar-refractivity contribution in [3.63, 3.8) is 0 Å². The van der Waals surface area contributed by atoms with Gasteiger partial charge in [0.1, 0.15) is 0 Å². The van der Waals surface area contributed by atoms with Gasteiger partial charge in [-0.2, -0.15) is 10.1 Å². The number of nitrogens with zero attached hydrogens (tertiary/aromatic N) is 2. The Hall–Kier alpha value is -3.29. The first-order valence-electron chi connectivity index (χ1n) is 7.00. The molecule has 0 spiro atoms. The van der Waals surface area contributed by atoms with Crippen molar-refractivity contribution in [3.05, 3.63) is 47.5 Å². The van der Waals surface area contributed by atoms with Gasteiger partial charge in [0.05, 0.1) is 20.4 Å². The lowest BCUT2D eigenvalue weighted by Crippen LogP contribution is -2.20. The number of pyridine rings is 1. The van der Waals surface area contributed by atoms with E-state index in [1.807, 2.05) is 0 Å². The largest absolute Gasteiger partial charge is 0.481 e. The molecule has 0 aliphatic carbocycles. The number of aromatic nitrogens is 1. The third kappa shape index (κ3) is 4.13. The summed E-state index contributed by atoms with van der Waals surface area (Å²) in [5.41, 5.74) is 1.90. The third-order valence-electron chi connectivity index (χ3n) is 3.24. The van der Waals surface area contributed by atoms with Crippen LogP contribution in [0.5, 0.6) is 11.8 Å². The summed E-state index contributed by atoms with van der Waals surface area (Å²) >= 11 is 0. The Morgan fingerprint density at radius 3 is 2.29 bits per heavy atom. The minimum Gasteiger partial charge on any atom is -0.481 e. The summed E-state index contributed by atoms with van der Waals surface area (Å²) < 4.78 is 10.2. The lowest BCUT2D eigenvalue weighted by Gasteiger charge is -2.17. The average molecular weight is 330 g/mol. The van der Waals surface area contributed by atoms with Crippen LogP contribution in [-0.4, -0.2) is 36.5 Å². The number of benzene rings is 1. The maximum Gasteiger partial charge on any atom is 0.330 e. The van der Waals surface area contributed by atoms with Crippen molar-refractivity contribution in [2.45, 2.75) is 6.04 Å². The summed E-state index contributed by atoms with van der Waals surface area (Å²) in [5.74, 6) is 4.59. The minimum atomic E-state index is -1.04. The van der Waals surface area contributed by atoms with Gasteiger partial charge in [0, 0.05) is 17.8 Å². The Morgan fingerprint density at radius 1 is 1.25 bits per heavy atom. The molecule has 4 N–H and O–H groups in total. The maximum atomic E-state index is 11.7. The van der Waals surface area contributed by atoms with E-state index in [4.69, 9.17) is 15.3 Å². The van der Waals surface area contributed by atoms with E-state index in [0.717, 1.165) is 5.56 Å². The summed E-state index contributed by atoms with van der Waals surface area (Å²) in [7, 11) is 2.90. The van der Waals surface area contributed by atoms with Crippen molar-refractivity contribution in [2.75, 3.05) is 19.5 Å². The number of ether oxygens (including phenoxy) is 2. The van der Waals surface area contributed by atoms with E-state index in [2.05, 4.69) is 15.4 Å². The fraction of sp³-hybridized carbons (Fsp3) is 0.188. The Kier molecular flexibility index (Phi) is 5.56. The Balaban J connectivity index is 2.31. The van der Waals surface area contributed by atoms with Crippen LogP contribution in [0.3, 0.4) is 0 Å². The number of aliphatic carboxylic acids is 1. The molecule has 0 bridgehead atoms. The van der Waals surface area contributed by atoms with Crippen LogP contribution in [0, 0.1) is 0 Å². The van der Waals surface area contributed by atoms with Crippen LogP contribution in [0.4, 0.5) is 5.69 Å². The number of carbonyl (C=O) groups is 1. The highest BCUT2D eigenvalue weighted by atomic mass is 16.5. The molecule has 0 amide bonds. The molecule has 2 rings (SSSR count). The molecule has 24 heavy (non-hydrogen) atoms. The van der Waals surface area contributed by atoms with E-state index in [1.165, 1.54) is 20.4 Å². The summed E-state index contributed by atoms with van der Waals surface area (Å²) in [5, 5.41) is 15.9. The number of hydrogen-bond donors (Lipinski definition) is 3. The molecule has 126 valence electrons. The van der Waals surface area contributed by atoms with E-state index in [9.17, 15) is 9.90 Å². The van der Waals surface area contributed by atoms with Crippen LogP contribution >= 0.6 is 0 Å². The summed E-state index contributed by atoms with van der Waals surface area (Å²) in [6.07, 6.45) is 1.50. The van der Waals surface area contributed by atoms with E-state index >= 15 is 0 Å². The van der Waals surface area contributed by atoms with Crippen molar-refractivity contribution < 1.29 is 19.4 Å². The van der Waals surface area contributed by atoms with Crippen molar-refractivity contribution in [3.8, 4) is 11.8 Å². The van der Waals surface area contributed by atoms with E-state index in [-0.39, 0.29) is 11.8 Å². The number of nitrogens with one attached hydrogen (secondary N) is 1. The van der Waals surface area contributed by atoms with Crippen LogP contribution in [0.25, 0.3) is 0 Å². The number of anilines is 1. The van der Waals surface area contributed by atoms with Crippen LogP contribution in [-0.2, 0) is 4.79 Å². The van der Waals surface area contributed by atoms with E-state index in [0.29, 0.717) is 11.3 Å². The topological polar surface area (TPSA) is 119 Å². The number of rotatable bonds is 7. The average Bonchev–Trinajstić information content (AvgIpc) is 2.60. The molecule has 0 aliphatic heterocycles. The van der Waals surface area contributed by atoms with E-state index < -0.39 is 12.0 Å². The van der Waals surface area contributed by atoms with Gasteiger partial charge in [-0.15, -0.1) is 0 Å². The second-order valence-corrected chi connectivity index (χ2v) is 4.80. The Morgan fingerprint density at radius 2 is 1.83 bits per heavy atom. The highest BCUT2D eigenvalue weighted by Crippen LogP contribution is 2.26. The molecule has 1 aromatic carbocycles. The quantitative estimate of drug-likeness (QED) is 0.401.